The second kappa shape index (κ2) is 11.9. The van der Waals surface area contributed by atoms with Crippen molar-refractivity contribution in [1.29, 1.82) is 0 Å². The molecule has 106 valence electrons. The van der Waals surface area contributed by atoms with Crippen molar-refractivity contribution in [3.63, 3.8) is 0 Å². The molecule has 0 heterocycles. The van der Waals surface area contributed by atoms with Gasteiger partial charge < -0.3 is 30.6 Å². The zero-order chi connectivity index (χ0) is 14.9. The van der Waals surface area contributed by atoms with Gasteiger partial charge in [-0.25, -0.2) is 19.2 Å². The number of carbonyl (C=O) groups is 4. The van der Waals surface area contributed by atoms with E-state index in [2.05, 4.69) is 0 Å². The molecule has 10 nitrogen and oxygen atoms in total. The minimum absolute atomic E-state index is 0. The summed E-state index contributed by atoms with van der Waals surface area (Å²) >= 11 is 0. The van der Waals surface area contributed by atoms with Gasteiger partial charge in [-0.1, -0.05) is 0 Å². The van der Waals surface area contributed by atoms with Crippen LogP contribution in [0.25, 0.3) is 0 Å². The van der Waals surface area contributed by atoms with Crippen molar-refractivity contribution >= 4 is 61.6 Å². The van der Waals surface area contributed by atoms with Crippen LogP contribution >= 0.6 is 0 Å². The molecular weight excluding hydrogens is 296 g/mol. The van der Waals surface area contributed by atoms with Crippen LogP contribution in [0.5, 0.6) is 0 Å². The molecule has 0 amide bonds. The van der Waals surface area contributed by atoms with Crippen LogP contribution in [0, 0.1) is 0 Å². The predicted octanol–water partition coefficient (Wildman–Crippen LogP) is -3.33. The van der Waals surface area contributed by atoms with Gasteiger partial charge in [-0.05, 0) is 0 Å². The van der Waals surface area contributed by atoms with E-state index < -0.39 is 36.1 Å². The molecule has 0 aliphatic rings. The van der Waals surface area contributed by atoms with Crippen LogP contribution in [-0.2, 0) is 19.2 Å². The molecule has 19 heavy (non-hydrogen) atoms. The average molecular weight is 308 g/mol. The molecule has 0 aromatic carbocycles. The Hall–Kier alpha value is -1.20. The summed E-state index contributed by atoms with van der Waals surface area (Å²) in [5.41, 5.74) is 0. The van der Waals surface area contributed by atoms with Crippen LogP contribution < -0.4 is 0 Å². The predicted molar refractivity (Wildman–Crippen MR) is 60.2 cm³/mol. The van der Waals surface area contributed by atoms with E-state index in [0.29, 0.717) is 12.2 Å². The van der Waals surface area contributed by atoms with Crippen molar-refractivity contribution < 1.29 is 49.8 Å². The standard InChI is InChI=1S/C4H6O6.C4H4O4.Ca.2H/c5-1(3(7)8)2(6)4(9)10;5-3(6)1-2-4(7)8;;;/h1-2,5-6H,(H,7,8)(H,9,10);1-2H,(H,5,6)(H,7,8);;;/b;2-1-;;;. The van der Waals surface area contributed by atoms with E-state index in [-0.39, 0.29) is 37.7 Å². The van der Waals surface area contributed by atoms with Gasteiger partial charge in [0.25, 0.3) is 0 Å². The number of carboxylic acid groups (broad SMARTS) is 4. The Labute approximate surface area is 135 Å². The van der Waals surface area contributed by atoms with E-state index in [0.717, 1.165) is 0 Å². The molecular formula is C8H12CaO10. The average Bonchev–Trinajstić information content (AvgIpc) is 2.24. The maximum atomic E-state index is 9.77. The second-order valence-corrected chi connectivity index (χ2v) is 2.58. The Morgan fingerprint density at radius 1 is 0.684 bits per heavy atom. The molecule has 0 aromatic rings. The molecule has 2 unspecified atom stereocenters. The summed E-state index contributed by atoms with van der Waals surface area (Å²) in [4.78, 5) is 38.7. The number of aliphatic hydroxyl groups is 2. The first-order chi connectivity index (χ1) is 8.09. The third-order valence-corrected chi connectivity index (χ3v) is 1.17. The summed E-state index contributed by atoms with van der Waals surface area (Å²) in [6.07, 6.45) is -3.42. The van der Waals surface area contributed by atoms with Gasteiger partial charge in [0.1, 0.15) is 0 Å². The number of hydrogen-bond acceptors (Lipinski definition) is 6. The van der Waals surface area contributed by atoms with E-state index in [1.807, 2.05) is 0 Å². The van der Waals surface area contributed by atoms with E-state index in [1.54, 1.807) is 0 Å². The molecule has 0 spiro atoms. The summed E-state index contributed by atoms with van der Waals surface area (Å²) in [5.74, 6) is -6.05. The Bertz CT molecular complexity index is 329. The maximum absolute atomic E-state index is 9.77. The van der Waals surface area contributed by atoms with E-state index in [9.17, 15) is 19.2 Å². The molecule has 0 bridgehead atoms. The van der Waals surface area contributed by atoms with Crippen LogP contribution in [0.4, 0.5) is 0 Å². The van der Waals surface area contributed by atoms with Crippen molar-refractivity contribution in [3.05, 3.63) is 12.2 Å². The zero-order valence-electron chi connectivity index (χ0n) is 8.63. The van der Waals surface area contributed by atoms with Crippen molar-refractivity contribution in [2.45, 2.75) is 12.2 Å². The molecule has 0 radical (unpaired) electrons. The van der Waals surface area contributed by atoms with Gasteiger partial charge in [0.05, 0.1) is 0 Å². The van der Waals surface area contributed by atoms with Crippen LogP contribution in [0.15, 0.2) is 12.2 Å². The first kappa shape index (κ1) is 22.9. The number of rotatable bonds is 5. The molecule has 2 atom stereocenters. The summed E-state index contributed by atoms with van der Waals surface area (Å²) in [7, 11) is 0. The molecule has 6 N–H and O–H groups in total. The monoisotopic (exact) mass is 308 g/mol. The van der Waals surface area contributed by atoms with Gasteiger partial charge in [-0.2, -0.15) is 0 Å². The van der Waals surface area contributed by atoms with Crippen LogP contribution in [0.3, 0.4) is 0 Å². The molecule has 11 heteroatoms. The summed E-state index contributed by atoms with van der Waals surface area (Å²) in [6.45, 7) is 0. The summed E-state index contributed by atoms with van der Waals surface area (Å²) in [6, 6.07) is 0. The van der Waals surface area contributed by atoms with Crippen molar-refractivity contribution in [2.24, 2.45) is 0 Å². The fourth-order valence-corrected chi connectivity index (χ4v) is 0.413. The van der Waals surface area contributed by atoms with Gasteiger partial charge in [-0.3, -0.25) is 0 Å². The van der Waals surface area contributed by atoms with Crippen molar-refractivity contribution in [2.75, 3.05) is 0 Å². The van der Waals surface area contributed by atoms with Gasteiger partial charge in [0.2, 0.25) is 0 Å². The van der Waals surface area contributed by atoms with E-state index >= 15 is 0 Å². The molecule has 0 saturated heterocycles. The van der Waals surface area contributed by atoms with E-state index in [1.165, 1.54) is 0 Å². The summed E-state index contributed by atoms with van der Waals surface area (Å²) in [5, 5.41) is 48.2. The van der Waals surface area contributed by atoms with Gasteiger partial charge in [0, 0.05) is 12.2 Å². The SMILES string of the molecule is O=C(O)/C=C\C(=O)O.O=C(O)C(O)C(O)C(=O)O.[CaH2]. The Balaban J connectivity index is -0.000000262. The quantitative estimate of drug-likeness (QED) is 0.221. The van der Waals surface area contributed by atoms with Gasteiger partial charge >= 0.3 is 61.6 Å². The van der Waals surface area contributed by atoms with Crippen LogP contribution in [-0.4, -0.2) is 104 Å². The van der Waals surface area contributed by atoms with Gasteiger partial charge in [0.15, 0.2) is 12.2 Å². The number of carboxylic acids is 4. The molecule has 0 rings (SSSR count). The fraction of sp³-hybridized carbons (Fsp3) is 0.250. The molecule has 0 aromatic heterocycles. The second-order valence-electron chi connectivity index (χ2n) is 2.58. The summed E-state index contributed by atoms with van der Waals surface area (Å²) < 4.78 is 0. The minimum atomic E-state index is -2.27. The Kier molecular flexibility index (Phi) is 14.3. The third kappa shape index (κ3) is 14.7. The van der Waals surface area contributed by atoms with E-state index in [4.69, 9.17) is 30.6 Å². The number of hydrogen-bond donors (Lipinski definition) is 6. The fourth-order valence-electron chi connectivity index (χ4n) is 0.413. The Morgan fingerprint density at radius 3 is 1.00 bits per heavy atom. The number of aliphatic carboxylic acids is 4. The third-order valence-electron chi connectivity index (χ3n) is 1.17. The molecule has 0 saturated carbocycles. The van der Waals surface area contributed by atoms with Crippen molar-refractivity contribution in [1.82, 2.24) is 0 Å². The molecule has 0 aliphatic carbocycles. The first-order valence-electron chi connectivity index (χ1n) is 4.05. The van der Waals surface area contributed by atoms with Crippen LogP contribution in [0.2, 0.25) is 0 Å². The van der Waals surface area contributed by atoms with Crippen LogP contribution in [0.1, 0.15) is 0 Å². The molecule has 0 aliphatic heterocycles. The first-order valence-corrected chi connectivity index (χ1v) is 4.05. The zero-order valence-corrected chi connectivity index (χ0v) is 8.63. The topological polar surface area (TPSA) is 190 Å². The normalized spacial score (nSPS) is 12.3. The number of aliphatic hydroxyl groups excluding tert-OH is 2. The Morgan fingerprint density at radius 2 is 0.895 bits per heavy atom. The molecule has 0 fully saturated rings. The van der Waals surface area contributed by atoms with Gasteiger partial charge in [-0.15, -0.1) is 0 Å². The van der Waals surface area contributed by atoms with Crippen molar-refractivity contribution in [3.8, 4) is 0 Å².